The fraction of sp³-hybridized carbons (Fsp3) is 0.500. The summed E-state index contributed by atoms with van der Waals surface area (Å²) < 4.78 is 5.14. The third-order valence-corrected chi connectivity index (χ3v) is 1.76. The quantitative estimate of drug-likeness (QED) is 0.588. The van der Waals surface area contributed by atoms with Crippen molar-refractivity contribution in [3.8, 4) is 6.07 Å². The zero-order valence-electron chi connectivity index (χ0n) is 6.99. The minimum atomic E-state index is -1.04. The van der Waals surface area contributed by atoms with E-state index in [0.717, 1.165) is 0 Å². The summed E-state index contributed by atoms with van der Waals surface area (Å²) in [7, 11) is 0. The van der Waals surface area contributed by atoms with Gasteiger partial charge in [-0.25, -0.2) is 4.79 Å². The number of nitrogens with one attached hydrogen (secondary N) is 1. The summed E-state index contributed by atoms with van der Waals surface area (Å²) in [5.41, 5.74) is 0. The molecular formula is C8H10N2O3. The first kappa shape index (κ1) is 9.39. The average Bonchev–Trinajstić information content (AvgIpc) is 2.08. The molecule has 1 atom stereocenters. The molecule has 0 saturated carbocycles. The molecule has 0 unspecified atom stereocenters. The maximum Gasteiger partial charge on any atom is 0.404 e. The molecular weight excluding hydrogens is 172 g/mol. The molecule has 2 N–H and O–H groups in total. The number of rotatable bonds is 1. The van der Waals surface area contributed by atoms with Crippen LogP contribution in [0, 0.1) is 11.3 Å². The normalized spacial score (nSPS) is 24.5. The molecule has 70 valence electrons. The first-order valence-corrected chi connectivity index (χ1v) is 3.93. The van der Waals surface area contributed by atoms with Crippen molar-refractivity contribution in [3.63, 3.8) is 0 Å². The van der Waals surface area contributed by atoms with Gasteiger partial charge < -0.3 is 15.2 Å². The third kappa shape index (κ3) is 3.03. The fourth-order valence-electron chi connectivity index (χ4n) is 1.15. The van der Waals surface area contributed by atoms with Crippen molar-refractivity contribution < 1.29 is 14.6 Å². The van der Waals surface area contributed by atoms with Crippen molar-refractivity contribution in [2.75, 3.05) is 6.61 Å². The van der Waals surface area contributed by atoms with Gasteiger partial charge in [0.2, 0.25) is 0 Å². The first-order chi connectivity index (χ1) is 6.22. The molecule has 0 radical (unpaired) electrons. The molecule has 0 aromatic rings. The van der Waals surface area contributed by atoms with Gasteiger partial charge in [0.25, 0.3) is 0 Å². The lowest BCUT2D eigenvalue weighted by atomic mass is 10.1. The Kier molecular flexibility index (Phi) is 3.15. The van der Waals surface area contributed by atoms with Gasteiger partial charge in [-0.2, -0.15) is 5.26 Å². The number of ether oxygens (including phenoxy) is 1. The van der Waals surface area contributed by atoms with Crippen LogP contribution in [0.25, 0.3) is 0 Å². The molecule has 5 nitrogen and oxygen atoms in total. The smallest absolute Gasteiger partial charge is 0.404 e. The first-order valence-electron chi connectivity index (χ1n) is 3.93. The summed E-state index contributed by atoms with van der Waals surface area (Å²) in [6.45, 7) is 0.305. The van der Waals surface area contributed by atoms with Crippen LogP contribution in [-0.4, -0.2) is 23.8 Å². The zero-order chi connectivity index (χ0) is 9.68. The van der Waals surface area contributed by atoms with Crippen LogP contribution in [0.2, 0.25) is 0 Å². The highest BCUT2D eigenvalue weighted by Crippen LogP contribution is 2.16. The van der Waals surface area contributed by atoms with Crippen molar-refractivity contribution in [2.45, 2.75) is 18.9 Å². The summed E-state index contributed by atoms with van der Waals surface area (Å²) in [5.74, 6) is 0.630. The molecule has 5 heteroatoms. The molecule has 1 amide bonds. The number of allylic oxidation sites excluding steroid dienone is 2. The van der Waals surface area contributed by atoms with Crippen LogP contribution in [-0.2, 0) is 4.74 Å². The second kappa shape index (κ2) is 4.36. The molecule has 0 spiro atoms. The summed E-state index contributed by atoms with van der Waals surface area (Å²) in [5, 5.41) is 19.0. The topological polar surface area (TPSA) is 82.4 Å². The zero-order valence-corrected chi connectivity index (χ0v) is 6.99. The Balaban J connectivity index is 2.35. The summed E-state index contributed by atoms with van der Waals surface area (Å²) in [4.78, 5) is 10.2. The number of hydrogen-bond donors (Lipinski definition) is 2. The maximum absolute atomic E-state index is 10.2. The summed E-state index contributed by atoms with van der Waals surface area (Å²) >= 11 is 0. The van der Waals surface area contributed by atoms with E-state index in [9.17, 15) is 4.79 Å². The second-order valence-electron chi connectivity index (χ2n) is 2.74. The van der Waals surface area contributed by atoms with E-state index in [1.54, 1.807) is 0 Å². The van der Waals surface area contributed by atoms with E-state index in [-0.39, 0.29) is 6.04 Å². The van der Waals surface area contributed by atoms with Gasteiger partial charge in [-0.1, -0.05) is 0 Å². The fourth-order valence-corrected chi connectivity index (χ4v) is 1.15. The van der Waals surface area contributed by atoms with Crippen LogP contribution in [0.15, 0.2) is 11.8 Å². The van der Waals surface area contributed by atoms with Crippen LogP contribution in [0.4, 0.5) is 4.79 Å². The molecule has 1 aliphatic rings. The van der Waals surface area contributed by atoms with Gasteiger partial charge in [-0.05, 0) is 6.42 Å². The van der Waals surface area contributed by atoms with Gasteiger partial charge in [-0.3, -0.25) is 0 Å². The van der Waals surface area contributed by atoms with Crippen molar-refractivity contribution in [1.29, 1.82) is 5.26 Å². The van der Waals surface area contributed by atoms with Gasteiger partial charge in [0.15, 0.2) is 0 Å². The Morgan fingerprint density at radius 2 is 2.62 bits per heavy atom. The Bertz CT molecular complexity index is 257. The second-order valence-corrected chi connectivity index (χ2v) is 2.74. The molecule has 13 heavy (non-hydrogen) atoms. The van der Waals surface area contributed by atoms with Gasteiger partial charge in [0.05, 0.1) is 18.2 Å². The largest absolute Gasteiger partial charge is 0.495 e. The molecule has 1 rings (SSSR count). The predicted octanol–water partition coefficient (Wildman–Crippen LogP) is 0.840. The molecule has 0 aromatic carbocycles. The molecule has 1 aliphatic heterocycles. The molecule has 1 heterocycles. The van der Waals surface area contributed by atoms with Gasteiger partial charge >= 0.3 is 6.09 Å². The van der Waals surface area contributed by atoms with Gasteiger partial charge in [0.1, 0.15) is 12.4 Å². The van der Waals surface area contributed by atoms with Crippen LogP contribution in [0.5, 0.6) is 0 Å². The maximum atomic E-state index is 10.2. The molecule has 1 fully saturated rings. The van der Waals surface area contributed by atoms with Crippen molar-refractivity contribution >= 4 is 6.09 Å². The lowest BCUT2D eigenvalue weighted by molar-refractivity contribution is 0.125. The number of carboxylic acid groups (broad SMARTS) is 1. The summed E-state index contributed by atoms with van der Waals surface area (Å²) in [6.07, 6.45) is 1.59. The highest BCUT2D eigenvalue weighted by molar-refractivity contribution is 5.64. The van der Waals surface area contributed by atoms with Gasteiger partial charge in [-0.15, -0.1) is 0 Å². The Morgan fingerprint density at radius 1 is 1.85 bits per heavy atom. The van der Waals surface area contributed by atoms with Gasteiger partial charge in [0, 0.05) is 6.42 Å². The third-order valence-electron chi connectivity index (χ3n) is 1.76. The lowest BCUT2D eigenvalue weighted by Crippen LogP contribution is -2.39. The Morgan fingerprint density at radius 3 is 3.08 bits per heavy atom. The van der Waals surface area contributed by atoms with Crippen LogP contribution < -0.4 is 5.32 Å². The molecule has 1 saturated heterocycles. The monoisotopic (exact) mass is 182 g/mol. The number of amides is 1. The van der Waals surface area contributed by atoms with E-state index < -0.39 is 6.09 Å². The molecule has 0 aromatic heterocycles. The van der Waals surface area contributed by atoms with Crippen LogP contribution in [0.3, 0.4) is 0 Å². The lowest BCUT2D eigenvalue weighted by Gasteiger charge is -2.23. The van der Waals surface area contributed by atoms with E-state index in [2.05, 4.69) is 5.32 Å². The Hall–Kier alpha value is -1.70. The molecule has 0 aliphatic carbocycles. The number of hydrogen-bond acceptors (Lipinski definition) is 3. The van der Waals surface area contributed by atoms with Crippen LogP contribution in [0.1, 0.15) is 12.8 Å². The minimum absolute atomic E-state index is 0.159. The SMILES string of the molecule is N#C/C=C1/CC[C@H](NC(=O)O)CO1. The van der Waals surface area contributed by atoms with Crippen LogP contribution >= 0.6 is 0 Å². The van der Waals surface area contributed by atoms with Crippen molar-refractivity contribution in [1.82, 2.24) is 5.32 Å². The number of nitrogens with zero attached hydrogens (tertiary/aromatic N) is 1. The van der Waals surface area contributed by atoms with E-state index in [1.807, 2.05) is 6.07 Å². The van der Waals surface area contributed by atoms with Crippen molar-refractivity contribution in [3.05, 3.63) is 11.8 Å². The predicted molar refractivity (Wildman–Crippen MR) is 43.8 cm³/mol. The average molecular weight is 182 g/mol. The van der Waals surface area contributed by atoms with E-state index in [0.29, 0.717) is 25.2 Å². The number of carbonyl (C=O) groups is 1. The van der Waals surface area contributed by atoms with Crippen molar-refractivity contribution in [2.24, 2.45) is 0 Å². The number of nitriles is 1. The highest BCUT2D eigenvalue weighted by atomic mass is 16.5. The van der Waals surface area contributed by atoms with E-state index in [1.165, 1.54) is 6.08 Å². The minimum Gasteiger partial charge on any atom is -0.495 e. The van der Waals surface area contributed by atoms with E-state index in [4.69, 9.17) is 15.1 Å². The summed E-state index contributed by atoms with van der Waals surface area (Å²) in [6, 6.07) is 1.71. The van der Waals surface area contributed by atoms with E-state index >= 15 is 0 Å². The Labute approximate surface area is 75.6 Å². The highest BCUT2D eigenvalue weighted by Gasteiger charge is 2.18. The molecule has 0 bridgehead atoms. The standard InChI is InChI=1S/C8H10N2O3/c9-4-3-7-2-1-6(5-13-7)10-8(11)12/h3,6,10H,1-2,5H2,(H,11,12)/b7-3-/t6-/m0/s1.